The Bertz CT molecular complexity index is 1310. The van der Waals surface area contributed by atoms with Crippen molar-refractivity contribution in [2.24, 2.45) is 0 Å². The third-order valence-corrected chi connectivity index (χ3v) is 8.27. The van der Waals surface area contributed by atoms with Gasteiger partial charge in [-0.05, 0) is 48.0 Å². The van der Waals surface area contributed by atoms with Gasteiger partial charge in [-0.3, -0.25) is 9.10 Å². The summed E-state index contributed by atoms with van der Waals surface area (Å²) in [4.78, 5) is 12.5. The number of nitrogens with one attached hydrogen (secondary N) is 1. The lowest BCUT2D eigenvalue weighted by molar-refractivity contribution is -0.137. The highest BCUT2D eigenvalue weighted by molar-refractivity contribution is 7.98. The number of nitrogens with zero attached hydrogens (tertiary/aromatic N) is 1. The summed E-state index contributed by atoms with van der Waals surface area (Å²) in [5.74, 6) is 0.528. The zero-order chi connectivity index (χ0) is 26.3. The number of rotatable bonds is 10. The van der Waals surface area contributed by atoms with Crippen LogP contribution in [-0.4, -0.2) is 33.2 Å². The summed E-state index contributed by atoms with van der Waals surface area (Å²) in [5.41, 5.74) is -0.518. The van der Waals surface area contributed by atoms with Gasteiger partial charge in [0.1, 0.15) is 6.54 Å². The van der Waals surface area contributed by atoms with Crippen LogP contribution in [0.4, 0.5) is 18.9 Å². The van der Waals surface area contributed by atoms with E-state index in [0.717, 1.165) is 17.7 Å². The van der Waals surface area contributed by atoms with Crippen LogP contribution in [0.25, 0.3) is 0 Å². The predicted octanol–water partition coefficient (Wildman–Crippen LogP) is 6.26. The summed E-state index contributed by atoms with van der Waals surface area (Å²) in [5, 5.41) is 2.66. The van der Waals surface area contributed by atoms with E-state index in [4.69, 9.17) is 23.2 Å². The fourth-order valence-electron chi connectivity index (χ4n) is 3.19. The zero-order valence-electron chi connectivity index (χ0n) is 18.6. The molecule has 3 rings (SSSR count). The van der Waals surface area contributed by atoms with Gasteiger partial charge in [0.25, 0.3) is 10.0 Å². The van der Waals surface area contributed by atoms with Gasteiger partial charge in [0, 0.05) is 23.1 Å². The first-order chi connectivity index (χ1) is 17.0. The Balaban J connectivity index is 1.74. The van der Waals surface area contributed by atoms with Crippen LogP contribution in [0.15, 0.2) is 77.7 Å². The first kappa shape index (κ1) is 28.2. The standard InChI is InChI=1S/C24H21Cl2F3N2O3S2/c25-18-6-4-5-17(13-18)16-35-12-11-30-23(32)15-31(36(33,34)20-7-2-1-3-8-20)19-9-10-22(26)21(14-19)24(27,28)29/h1-10,13-14H,11-12,15-16H2,(H,30,32). The molecule has 3 aromatic carbocycles. The molecule has 0 aliphatic rings. The summed E-state index contributed by atoms with van der Waals surface area (Å²) < 4.78 is 67.5. The van der Waals surface area contributed by atoms with Crippen LogP contribution in [0.1, 0.15) is 11.1 Å². The van der Waals surface area contributed by atoms with E-state index in [2.05, 4.69) is 5.32 Å². The maximum absolute atomic E-state index is 13.4. The van der Waals surface area contributed by atoms with Crippen LogP contribution >= 0.6 is 35.0 Å². The number of carbonyl (C=O) groups is 1. The summed E-state index contributed by atoms with van der Waals surface area (Å²) in [6.45, 7) is -0.479. The van der Waals surface area contributed by atoms with Gasteiger partial charge in [0.05, 0.1) is 21.2 Å². The van der Waals surface area contributed by atoms with Gasteiger partial charge in [0.15, 0.2) is 0 Å². The van der Waals surface area contributed by atoms with Crippen molar-refractivity contribution in [3.05, 3.63) is 94.0 Å². The molecule has 0 saturated heterocycles. The number of amides is 1. The van der Waals surface area contributed by atoms with Crippen molar-refractivity contribution >= 4 is 56.6 Å². The van der Waals surface area contributed by atoms with Crippen molar-refractivity contribution in [3.8, 4) is 0 Å². The highest BCUT2D eigenvalue weighted by atomic mass is 35.5. The Morgan fingerprint density at radius 1 is 0.972 bits per heavy atom. The first-order valence-electron chi connectivity index (χ1n) is 10.5. The Labute approximate surface area is 221 Å². The maximum atomic E-state index is 13.4. The van der Waals surface area contributed by atoms with Crippen LogP contribution in [-0.2, 0) is 26.7 Å². The van der Waals surface area contributed by atoms with Gasteiger partial charge in [-0.25, -0.2) is 8.42 Å². The number of sulfonamides is 1. The number of alkyl halides is 3. The molecule has 0 aliphatic heterocycles. The lowest BCUT2D eigenvalue weighted by Gasteiger charge is -2.25. The number of hydrogen-bond acceptors (Lipinski definition) is 4. The smallest absolute Gasteiger partial charge is 0.354 e. The van der Waals surface area contributed by atoms with Gasteiger partial charge >= 0.3 is 6.18 Å². The van der Waals surface area contributed by atoms with Crippen LogP contribution < -0.4 is 9.62 Å². The largest absolute Gasteiger partial charge is 0.417 e. The number of hydrogen-bond donors (Lipinski definition) is 1. The van der Waals surface area contributed by atoms with Gasteiger partial charge in [0.2, 0.25) is 5.91 Å². The minimum atomic E-state index is -4.81. The van der Waals surface area contributed by atoms with E-state index in [1.54, 1.807) is 12.1 Å². The van der Waals surface area contributed by atoms with Crippen molar-refractivity contribution < 1.29 is 26.4 Å². The molecule has 1 N–H and O–H groups in total. The Morgan fingerprint density at radius 2 is 1.69 bits per heavy atom. The van der Waals surface area contributed by atoms with E-state index in [-0.39, 0.29) is 17.1 Å². The number of anilines is 1. The zero-order valence-corrected chi connectivity index (χ0v) is 21.8. The normalized spacial score (nSPS) is 11.8. The molecule has 0 heterocycles. The highest BCUT2D eigenvalue weighted by Gasteiger charge is 2.35. The highest BCUT2D eigenvalue weighted by Crippen LogP contribution is 2.38. The van der Waals surface area contributed by atoms with Crippen molar-refractivity contribution in [2.75, 3.05) is 23.1 Å². The van der Waals surface area contributed by atoms with E-state index < -0.39 is 39.2 Å². The SMILES string of the molecule is O=C(CN(c1ccc(Cl)c(C(F)(F)F)c1)S(=O)(=O)c1ccccc1)NCCSCc1cccc(Cl)c1. The van der Waals surface area contributed by atoms with Crippen LogP contribution in [0.3, 0.4) is 0 Å². The minimum Gasteiger partial charge on any atom is -0.354 e. The number of halogens is 5. The third-order valence-electron chi connectivity index (χ3n) is 4.89. The molecule has 0 aromatic heterocycles. The van der Waals surface area contributed by atoms with Crippen LogP contribution in [0, 0.1) is 0 Å². The Hall–Kier alpha value is -2.40. The van der Waals surface area contributed by atoms with Gasteiger partial charge < -0.3 is 5.32 Å². The maximum Gasteiger partial charge on any atom is 0.417 e. The summed E-state index contributed by atoms with van der Waals surface area (Å²) in [6, 6.07) is 17.2. The lowest BCUT2D eigenvalue weighted by atomic mass is 10.2. The van der Waals surface area contributed by atoms with Crippen molar-refractivity contribution in [2.45, 2.75) is 16.8 Å². The van der Waals surface area contributed by atoms with E-state index in [1.165, 1.54) is 36.0 Å². The quantitative estimate of drug-likeness (QED) is 0.289. The van der Waals surface area contributed by atoms with Crippen LogP contribution in [0.5, 0.6) is 0 Å². The van der Waals surface area contributed by atoms with Gasteiger partial charge in [-0.2, -0.15) is 24.9 Å². The molecule has 0 spiro atoms. The number of benzene rings is 3. The lowest BCUT2D eigenvalue weighted by Crippen LogP contribution is -2.41. The molecule has 0 aliphatic carbocycles. The first-order valence-corrected chi connectivity index (χ1v) is 13.9. The Morgan fingerprint density at radius 3 is 2.36 bits per heavy atom. The molecule has 0 fully saturated rings. The second kappa shape index (κ2) is 12.2. The number of carbonyl (C=O) groups excluding carboxylic acids is 1. The van der Waals surface area contributed by atoms with Crippen molar-refractivity contribution in [1.82, 2.24) is 5.32 Å². The van der Waals surface area contributed by atoms with Crippen LogP contribution in [0.2, 0.25) is 10.0 Å². The molecule has 0 atom stereocenters. The van der Waals surface area contributed by atoms with Crippen molar-refractivity contribution in [3.63, 3.8) is 0 Å². The fourth-order valence-corrected chi connectivity index (χ4v) is 5.86. The van der Waals surface area contributed by atoms with Gasteiger partial charge in [-0.15, -0.1) is 0 Å². The van der Waals surface area contributed by atoms with Crippen molar-refractivity contribution in [1.29, 1.82) is 0 Å². The second-order valence-electron chi connectivity index (χ2n) is 7.52. The van der Waals surface area contributed by atoms with E-state index in [0.29, 0.717) is 26.9 Å². The molecule has 192 valence electrons. The third kappa shape index (κ3) is 7.55. The molecule has 0 radical (unpaired) electrons. The minimum absolute atomic E-state index is 0.168. The average Bonchev–Trinajstić information content (AvgIpc) is 2.82. The molecule has 1 amide bonds. The summed E-state index contributed by atoms with van der Waals surface area (Å²) in [7, 11) is -4.36. The Kier molecular flexibility index (Phi) is 9.57. The number of thioether (sulfide) groups is 1. The fraction of sp³-hybridized carbons (Fsp3) is 0.208. The molecule has 5 nitrogen and oxygen atoms in total. The topological polar surface area (TPSA) is 66.5 Å². The summed E-state index contributed by atoms with van der Waals surface area (Å²) >= 11 is 13.2. The van der Waals surface area contributed by atoms with E-state index in [1.807, 2.05) is 18.2 Å². The molecule has 0 saturated carbocycles. The van der Waals surface area contributed by atoms with Gasteiger partial charge in [-0.1, -0.05) is 53.5 Å². The molecule has 0 bridgehead atoms. The predicted molar refractivity (Wildman–Crippen MR) is 138 cm³/mol. The average molecular weight is 577 g/mol. The second-order valence-corrected chi connectivity index (χ2v) is 11.3. The summed E-state index contributed by atoms with van der Waals surface area (Å²) in [6.07, 6.45) is -4.81. The van der Waals surface area contributed by atoms with E-state index in [9.17, 15) is 26.4 Å². The molecular formula is C24H21Cl2F3N2O3S2. The molecule has 3 aromatic rings. The van der Waals surface area contributed by atoms with E-state index >= 15 is 0 Å². The molecule has 36 heavy (non-hydrogen) atoms. The molecule has 0 unspecified atom stereocenters. The molecule has 12 heteroatoms. The molecular weight excluding hydrogens is 556 g/mol. The monoisotopic (exact) mass is 576 g/mol.